The van der Waals surface area contributed by atoms with Gasteiger partial charge < -0.3 is 14.8 Å². The number of methoxy groups -OCH3 is 2. The highest BCUT2D eigenvalue weighted by Gasteiger charge is 2.24. The molecular formula is C13H27NO2. The van der Waals surface area contributed by atoms with Crippen molar-refractivity contribution in [2.24, 2.45) is 5.92 Å². The molecule has 1 rings (SSSR count). The molecule has 1 N–H and O–H groups in total. The quantitative estimate of drug-likeness (QED) is 0.710. The van der Waals surface area contributed by atoms with E-state index in [1.54, 1.807) is 14.2 Å². The van der Waals surface area contributed by atoms with Crippen molar-refractivity contribution >= 4 is 0 Å². The number of rotatable bonds is 6. The molecule has 0 amide bonds. The van der Waals surface area contributed by atoms with Crippen molar-refractivity contribution in [1.29, 1.82) is 0 Å². The molecule has 0 aliphatic heterocycles. The van der Waals surface area contributed by atoms with E-state index in [9.17, 15) is 0 Å². The molecule has 0 aromatic heterocycles. The topological polar surface area (TPSA) is 30.5 Å². The van der Waals surface area contributed by atoms with Gasteiger partial charge in [-0.3, -0.25) is 0 Å². The number of hydrogen-bond donors (Lipinski definition) is 1. The second-order valence-electron chi connectivity index (χ2n) is 4.92. The molecule has 1 atom stereocenters. The van der Waals surface area contributed by atoms with Crippen LogP contribution in [0.1, 0.15) is 46.0 Å². The van der Waals surface area contributed by atoms with Crippen LogP contribution in [0.25, 0.3) is 0 Å². The highest BCUT2D eigenvalue weighted by atomic mass is 16.7. The molecule has 0 radical (unpaired) electrons. The van der Waals surface area contributed by atoms with Gasteiger partial charge in [-0.1, -0.05) is 13.3 Å². The van der Waals surface area contributed by atoms with Crippen LogP contribution in [0.2, 0.25) is 0 Å². The zero-order valence-corrected chi connectivity index (χ0v) is 11.2. The van der Waals surface area contributed by atoms with Crippen LogP contribution in [0.3, 0.4) is 0 Å². The highest BCUT2D eigenvalue weighted by molar-refractivity contribution is 4.79. The summed E-state index contributed by atoms with van der Waals surface area (Å²) in [4.78, 5) is 0. The molecule has 1 aliphatic carbocycles. The molecule has 0 aromatic rings. The fourth-order valence-electron chi connectivity index (χ4n) is 2.69. The van der Waals surface area contributed by atoms with Gasteiger partial charge in [-0.2, -0.15) is 0 Å². The summed E-state index contributed by atoms with van der Waals surface area (Å²) >= 11 is 0. The minimum Gasteiger partial charge on any atom is -0.354 e. The van der Waals surface area contributed by atoms with Crippen LogP contribution in [0.15, 0.2) is 0 Å². The molecule has 1 unspecified atom stereocenters. The van der Waals surface area contributed by atoms with Crippen LogP contribution in [0.5, 0.6) is 0 Å². The van der Waals surface area contributed by atoms with E-state index in [0.717, 1.165) is 5.92 Å². The summed E-state index contributed by atoms with van der Waals surface area (Å²) in [6.45, 7) is 4.43. The monoisotopic (exact) mass is 229 g/mol. The van der Waals surface area contributed by atoms with Crippen molar-refractivity contribution in [3.63, 3.8) is 0 Å². The smallest absolute Gasteiger partial charge is 0.171 e. The molecule has 16 heavy (non-hydrogen) atoms. The maximum atomic E-state index is 5.26. The average molecular weight is 229 g/mol. The van der Waals surface area contributed by atoms with E-state index in [0.29, 0.717) is 6.04 Å². The third-order valence-electron chi connectivity index (χ3n) is 3.80. The van der Waals surface area contributed by atoms with Crippen molar-refractivity contribution in [2.75, 3.05) is 14.2 Å². The van der Waals surface area contributed by atoms with E-state index in [2.05, 4.69) is 19.2 Å². The third-order valence-corrected chi connectivity index (χ3v) is 3.80. The SMILES string of the molecule is CCC1CCC(NC(C)C(OC)OC)CC1. The van der Waals surface area contributed by atoms with E-state index in [1.165, 1.54) is 32.1 Å². The van der Waals surface area contributed by atoms with Crippen LogP contribution in [0, 0.1) is 5.92 Å². The van der Waals surface area contributed by atoms with Crippen LogP contribution >= 0.6 is 0 Å². The van der Waals surface area contributed by atoms with E-state index >= 15 is 0 Å². The van der Waals surface area contributed by atoms with Crippen molar-refractivity contribution in [2.45, 2.75) is 64.3 Å². The van der Waals surface area contributed by atoms with Crippen LogP contribution in [-0.4, -0.2) is 32.6 Å². The predicted octanol–water partition coefficient (Wildman–Crippen LogP) is 2.55. The Labute approximate surface area is 99.9 Å². The molecule has 3 heteroatoms. The molecule has 0 aromatic carbocycles. The summed E-state index contributed by atoms with van der Waals surface area (Å²) in [7, 11) is 3.39. The lowest BCUT2D eigenvalue weighted by Gasteiger charge is -2.32. The van der Waals surface area contributed by atoms with E-state index in [1.807, 2.05) is 0 Å². The molecule has 1 fully saturated rings. The van der Waals surface area contributed by atoms with Crippen LogP contribution in [0.4, 0.5) is 0 Å². The molecule has 3 nitrogen and oxygen atoms in total. The lowest BCUT2D eigenvalue weighted by atomic mass is 9.84. The molecule has 0 heterocycles. The summed E-state index contributed by atoms with van der Waals surface area (Å²) in [5, 5.41) is 3.62. The normalized spacial score (nSPS) is 28.3. The first-order valence-electron chi connectivity index (χ1n) is 6.52. The Morgan fingerprint density at radius 1 is 1.12 bits per heavy atom. The minimum absolute atomic E-state index is 0.135. The summed E-state index contributed by atoms with van der Waals surface area (Å²) in [5.74, 6) is 0.953. The summed E-state index contributed by atoms with van der Waals surface area (Å²) in [6.07, 6.45) is 6.52. The zero-order chi connectivity index (χ0) is 12.0. The molecular weight excluding hydrogens is 202 g/mol. The van der Waals surface area contributed by atoms with Gasteiger partial charge in [-0.25, -0.2) is 0 Å². The summed E-state index contributed by atoms with van der Waals surface area (Å²) in [5.41, 5.74) is 0. The molecule has 1 saturated carbocycles. The second-order valence-corrected chi connectivity index (χ2v) is 4.92. The third kappa shape index (κ3) is 4.04. The Hall–Kier alpha value is -0.120. The molecule has 1 aliphatic rings. The Morgan fingerprint density at radius 3 is 2.12 bits per heavy atom. The first-order chi connectivity index (χ1) is 7.71. The predicted molar refractivity (Wildman–Crippen MR) is 66.4 cm³/mol. The lowest BCUT2D eigenvalue weighted by Crippen LogP contribution is -2.46. The largest absolute Gasteiger partial charge is 0.354 e. The van der Waals surface area contributed by atoms with Crippen molar-refractivity contribution < 1.29 is 9.47 Å². The summed E-state index contributed by atoms with van der Waals surface area (Å²) < 4.78 is 10.5. The van der Waals surface area contributed by atoms with Crippen molar-refractivity contribution in [3.05, 3.63) is 0 Å². The Bertz CT molecular complexity index is 175. The van der Waals surface area contributed by atoms with Crippen molar-refractivity contribution in [1.82, 2.24) is 5.32 Å². The zero-order valence-electron chi connectivity index (χ0n) is 11.2. The fraction of sp³-hybridized carbons (Fsp3) is 1.00. The Balaban J connectivity index is 2.27. The first-order valence-corrected chi connectivity index (χ1v) is 6.52. The van der Waals surface area contributed by atoms with Gasteiger partial charge in [-0.15, -0.1) is 0 Å². The minimum atomic E-state index is -0.135. The fourth-order valence-corrected chi connectivity index (χ4v) is 2.69. The van der Waals surface area contributed by atoms with Gasteiger partial charge >= 0.3 is 0 Å². The maximum absolute atomic E-state index is 5.26. The van der Waals surface area contributed by atoms with Gasteiger partial charge in [0.2, 0.25) is 0 Å². The Morgan fingerprint density at radius 2 is 1.69 bits per heavy atom. The van der Waals surface area contributed by atoms with E-state index in [4.69, 9.17) is 9.47 Å². The Kier molecular flexibility index (Phi) is 6.32. The molecule has 96 valence electrons. The standard InChI is InChI=1S/C13H27NO2/c1-5-11-6-8-12(9-7-11)14-10(2)13(15-3)16-4/h10-14H,5-9H2,1-4H3. The number of hydrogen-bond acceptors (Lipinski definition) is 3. The van der Waals surface area contributed by atoms with Crippen LogP contribution in [-0.2, 0) is 9.47 Å². The second kappa shape index (κ2) is 7.25. The van der Waals surface area contributed by atoms with E-state index < -0.39 is 0 Å². The highest BCUT2D eigenvalue weighted by Crippen LogP contribution is 2.26. The summed E-state index contributed by atoms with van der Waals surface area (Å²) in [6, 6.07) is 0.906. The van der Waals surface area contributed by atoms with E-state index in [-0.39, 0.29) is 12.3 Å². The van der Waals surface area contributed by atoms with Crippen LogP contribution < -0.4 is 5.32 Å². The number of nitrogens with one attached hydrogen (secondary N) is 1. The number of ether oxygens (including phenoxy) is 2. The molecule has 0 spiro atoms. The van der Waals surface area contributed by atoms with Gasteiger partial charge in [0.25, 0.3) is 0 Å². The lowest BCUT2D eigenvalue weighted by molar-refractivity contribution is -0.121. The molecule has 0 bridgehead atoms. The average Bonchev–Trinajstić information content (AvgIpc) is 2.31. The van der Waals surface area contributed by atoms with Gasteiger partial charge in [0.15, 0.2) is 6.29 Å². The van der Waals surface area contributed by atoms with Gasteiger partial charge in [0.05, 0.1) is 6.04 Å². The van der Waals surface area contributed by atoms with Crippen molar-refractivity contribution in [3.8, 4) is 0 Å². The van der Waals surface area contributed by atoms with Gasteiger partial charge in [0, 0.05) is 20.3 Å². The van der Waals surface area contributed by atoms with Gasteiger partial charge in [-0.05, 0) is 38.5 Å². The molecule has 0 saturated heterocycles. The van der Waals surface area contributed by atoms with Gasteiger partial charge in [0.1, 0.15) is 0 Å². The maximum Gasteiger partial charge on any atom is 0.171 e. The first kappa shape index (κ1) is 13.9.